The van der Waals surface area contributed by atoms with E-state index in [9.17, 15) is 9.59 Å². The van der Waals surface area contributed by atoms with Crippen LogP contribution in [0.4, 0.5) is 0 Å². The Balaban J connectivity index is 2.25. The fourth-order valence-corrected chi connectivity index (χ4v) is 3.68. The van der Waals surface area contributed by atoms with Crippen molar-refractivity contribution in [1.29, 1.82) is 0 Å². The number of hydrogen-bond donors (Lipinski definition) is 1. The minimum absolute atomic E-state index is 0.0313. The lowest BCUT2D eigenvalue weighted by atomic mass is 10.2. The van der Waals surface area contributed by atoms with Gasteiger partial charge in [-0.05, 0) is 13.0 Å². The summed E-state index contributed by atoms with van der Waals surface area (Å²) in [6, 6.07) is 7.35. The van der Waals surface area contributed by atoms with Crippen molar-refractivity contribution in [3.63, 3.8) is 0 Å². The molecule has 0 spiro atoms. The molecule has 6 heteroatoms. The quantitative estimate of drug-likeness (QED) is 0.929. The Bertz CT molecular complexity index is 508. The van der Waals surface area contributed by atoms with E-state index in [0.29, 0.717) is 5.02 Å². The van der Waals surface area contributed by atoms with Gasteiger partial charge in [-0.1, -0.05) is 29.8 Å². The zero-order valence-corrected chi connectivity index (χ0v) is 11.9. The summed E-state index contributed by atoms with van der Waals surface area (Å²) in [7, 11) is 0. The standard InChI is InChI=1S/C13H14ClNO3S/c1-8-12(18)15(7-6-11(16)17)13(19-8)9-4-2-3-5-10(9)14/h2-5,8,13H,6-7H2,1H3,(H,16,17). The van der Waals surface area contributed by atoms with Crippen LogP contribution in [0.3, 0.4) is 0 Å². The van der Waals surface area contributed by atoms with E-state index in [4.69, 9.17) is 16.7 Å². The van der Waals surface area contributed by atoms with E-state index >= 15 is 0 Å². The molecule has 1 N–H and O–H groups in total. The molecule has 1 amide bonds. The molecule has 0 aliphatic carbocycles. The second kappa shape index (κ2) is 5.84. The summed E-state index contributed by atoms with van der Waals surface area (Å²) in [6.07, 6.45) is -0.0556. The van der Waals surface area contributed by atoms with Crippen molar-refractivity contribution < 1.29 is 14.7 Å². The third-order valence-corrected chi connectivity index (χ3v) is 4.71. The first kappa shape index (κ1) is 14.2. The molecule has 0 radical (unpaired) electrons. The Kier molecular flexibility index (Phi) is 4.37. The number of benzene rings is 1. The van der Waals surface area contributed by atoms with Crippen molar-refractivity contribution in [3.8, 4) is 0 Å². The number of thioether (sulfide) groups is 1. The van der Waals surface area contributed by atoms with Gasteiger partial charge >= 0.3 is 5.97 Å². The van der Waals surface area contributed by atoms with Gasteiger partial charge in [0.25, 0.3) is 0 Å². The monoisotopic (exact) mass is 299 g/mol. The number of carboxylic acid groups (broad SMARTS) is 1. The molecular weight excluding hydrogens is 286 g/mol. The van der Waals surface area contributed by atoms with Crippen LogP contribution < -0.4 is 0 Å². The smallest absolute Gasteiger partial charge is 0.305 e. The molecule has 2 atom stereocenters. The minimum atomic E-state index is -0.907. The summed E-state index contributed by atoms with van der Waals surface area (Å²) in [5.74, 6) is -0.938. The van der Waals surface area contributed by atoms with E-state index in [0.717, 1.165) is 5.56 Å². The Labute approximate surface area is 120 Å². The number of halogens is 1. The maximum Gasteiger partial charge on any atom is 0.305 e. The summed E-state index contributed by atoms with van der Waals surface area (Å²) >= 11 is 7.66. The van der Waals surface area contributed by atoms with Crippen molar-refractivity contribution in [2.45, 2.75) is 24.0 Å². The Morgan fingerprint density at radius 3 is 2.79 bits per heavy atom. The van der Waals surface area contributed by atoms with Crippen LogP contribution in [0.2, 0.25) is 5.02 Å². The number of hydrogen-bond acceptors (Lipinski definition) is 3. The molecule has 2 unspecified atom stereocenters. The Hall–Kier alpha value is -1.20. The molecule has 1 heterocycles. The van der Waals surface area contributed by atoms with Crippen LogP contribution >= 0.6 is 23.4 Å². The molecule has 2 rings (SSSR count). The Morgan fingerprint density at radius 2 is 2.16 bits per heavy atom. The second-order valence-corrected chi connectivity index (χ2v) is 6.16. The maximum absolute atomic E-state index is 12.1. The van der Waals surface area contributed by atoms with Crippen LogP contribution in [0.5, 0.6) is 0 Å². The van der Waals surface area contributed by atoms with Gasteiger partial charge in [-0.25, -0.2) is 0 Å². The summed E-state index contributed by atoms with van der Waals surface area (Å²) in [5, 5.41) is 9.00. The van der Waals surface area contributed by atoms with E-state index < -0.39 is 5.97 Å². The fourth-order valence-electron chi connectivity index (χ4n) is 2.03. The molecule has 1 aliphatic rings. The van der Waals surface area contributed by atoms with Crippen molar-refractivity contribution in [1.82, 2.24) is 4.90 Å². The van der Waals surface area contributed by atoms with Gasteiger partial charge in [-0.3, -0.25) is 9.59 Å². The average Bonchev–Trinajstić information content (AvgIpc) is 2.64. The lowest BCUT2D eigenvalue weighted by molar-refractivity contribution is -0.138. The zero-order valence-electron chi connectivity index (χ0n) is 10.4. The largest absolute Gasteiger partial charge is 0.481 e. The lowest BCUT2D eigenvalue weighted by Crippen LogP contribution is -2.32. The number of rotatable bonds is 4. The van der Waals surface area contributed by atoms with Gasteiger partial charge in [0.15, 0.2) is 0 Å². The van der Waals surface area contributed by atoms with Gasteiger partial charge in [-0.15, -0.1) is 11.8 Å². The molecule has 4 nitrogen and oxygen atoms in total. The van der Waals surface area contributed by atoms with Gasteiger partial charge < -0.3 is 10.0 Å². The van der Waals surface area contributed by atoms with Crippen LogP contribution in [-0.2, 0) is 9.59 Å². The van der Waals surface area contributed by atoms with Gasteiger partial charge in [-0.2, -0.15) is 0 Å². The van der Waals surface area contributed by atoms with E-state index in [2.05, 4.69) is 0 Å². The number of nitrogens with zero attached hydrogens (tertiary/aromatic N) is 1. The highest BCUT2D eigenvalue weighted by Gasteiger charge is 2.39. The number of carboxylic acids is 1. The number of amides is 1. The van der Waals surface area contributed by atoms with Crippen LogP contribution in [0, 0.1) is 0 Å². The fraction of sp³-hybridized carbons (Fsp3) is 0.385. The third kappa shape index (κ3) is 3.04. The molecule has 102 valence electrons. The predicted octanol–water partition coefficient (Wildman–Crippen LogP) is 2.78. The van der Waals surface area contributed by atoms with Gasteiger partial charge in [0.2, 0.25) is 5.91 Å². The number of carbonyl (C=O) groups excluding carboxylic acids is 1. The number of carbonyl (C=O) groups is 2. The van der Waals surface area contributed by atoms with E-state index in [1.165, 1.54) is 11.8 Å². The van der Waals surface area contributed by atoms with Crippen molar-refractivity contribution >= 4 is 35.2 Å². The first-order valence-corrected chi connectivity index (χ1v) is 7.25. The van der Waals surface area contributed by atoms with E-state index in [1.807, 2.05) is 25.1 Å². The second-order valence-electron chi connectivity index (χ2n) is 4.33. The molecule has 1 aromatic carbocycles. The summed E-state index contributed by atoms with van der Waals surface area (Å²) in [5.41, 5.74) is 0.859. The summed E-state index contributed by atoms with van der Waals surface area (Å²) < 4.78 is 0. The maximum atomic E-state index is 12.1. The normalized spacial score (nSPS) is 22.8. The predicted molar refractivity (Wildman–Crippen MR) is 75.2 cm³/mol. The lowest BCUT2D eigenvalue weighted by Gasteiger charge is -2.24. The summed E-state index contributed by atoms with van der Waals surface area (Å²) in [6.45, 7) is 2.04. The minimum Gasteiger partial charge on any atom is -0.481 e. The SMILES string of the molecule is CC1SC(c2ccccc2Cl)N(CCC(=O)O)C1=O. The molecule has 1 aromatic rings. The molecule has 1 fully saturated rings. The summed E-state index contributed by atoms with van der Waals surface area (Å²) in [4.78, 5) is 24.4. The first-order chi connectivity index (χ1) is 9.00. The molecule has 1 saturated heterocycles. The topological polar surface area (TPSA) is 57.6 Å². The van der Waals surface area contributed by atoms with Crippen LogP contribution in [0.1, 0.15) is 24.3 Å². The zero-order chi connectivity index (χ0) is 14.0. The molecule has 19 heavy (non-hydrogen) atoms. The first-order valence-electron chi connectivity index (χ1n) is 5.93. The van der Waals surface area contributed by atoms with Crippen LogP contribution in [-0.4, -0.2) is 33.7 Å². The van der Waals surface area contributed by atoms with Crippen LogP contribution in [0.15, 0.2) is 24.3 Å². The van der Waals surface area contributed by atoms with Gasteiger partial charge in [0, 0.05) is 17.1 Å². The highest BCUT2D eigenvalue weighted by molar-refractivity contribution is 8.01. The molecule has 1 aliphatic heterocycles. The van der Waals surface area contributed by atoms with E-state index in [1.54, 1.807) is 11.0 Å². The average molecular weight is 300 g/mol. The van der Waals surface area contributed by atoms with Crippen molar-refractivity contribution in [2.75, 3.05) is 6.54 Å². The van der Waals surface area contributed by atoms with Gasteiger partial charge in [0.05, 0.1) is 11.7 Å². The number of aliphatic carboxylic acids is 1. The van der Waals surface area contributed by atoms with E-state index in [-0.39, 0.29) is 29.5 Å². The molecular formula is C13H14ClNO3S. The molecule has 0 bridgehead atoms. The van der Waals surface area contributed by atoms with Crippen LogP contribution in [0.25, 0.3) is 0 Å². The highest BCUT2D eigenvalue weighted by atomic mass is 35.5. The molecule has 0 saturated carbocycles. The molecule has 0 aromatic heterocycles. The highest BCUT2D eigenvalue weighted by Crippen LogP contribution is 2.44. The van der Waals surface area contributed by atoms with Crippen molar-refractivity contribution in [2.24, 2.45) is 0 Å². The van der Waals surface area contributed by atoms with Gasteiger partial charge in [0.1, 0.15) is 5.37 Å². The Morgan fingerprint density at radius 1 is 1.47 bits per heavy atom. The van der Waals surface area contributed by atoms with Crippen molar-refractivity contribution in [3.05, 3.63) is 34.9 Å². The third-order valence-electron chi connectivity index (χ3n) is 2.98.